The summed E-state index contributed by atoms with van der Waals surface area (Å²) in [5, 5.41) is 0. The summed E-state index contributed by atoms with van der Waals surface area (Å²) in [6, 6.07) is 12.2. The quantitative estimate of drug-likeness (QED) is 0.609. The van der Waals surface area contributed by atoms with Gasteiger partial charge in [0.1, 0.15) is 5.76 Å². The van der Waals surface area contributed by atoms with Crippen molar-refractivity contribution in [1.82, 2.24) is 5.43 Å². The molecule has 3 nitrogen and oxygen atoms in total. The van der Waals surface area contributed by atoms with Crippen LogP contribution in [0.15, 0.2) is 47.1 Å². The number of hydrazine groups is 1. The van der Waals surface area contributed by atoms with Crippen molar-refractivity contribution in [2.45, 2.75) is 19.4 Å². The highest BCUT2D eigenvalue weighted by molar-refractivity contribution is 5.29. The number of aryl methyl sites for hydroxylation is 1. The van der Waals surface area contributed by atoms with E-state index in [1.54, 1.807) is 6.26 Å². The molecule has 0 amide bonds. The molecule has 1 aromatic heterocycles. The minimum absolute atomic E-state index is 0.0901. The molecule has 0 aliphatic heterocycles. The number of nitrogens with two attached hydrogens (primary N) is 1. The van der Waals surface area contributed by atoms with E-state index in [1.807, 2.05) is 24.3 Å². The molecular weight excluding hydrogens is 200 g/mol. The average molecular weight is 216 g/mol. The van der Waals surface area contributed by atoms with Gasteiger partial charge < -0.3 is 4.42 Å². The van der Waals surface area contributed by atoms with Crippen LogP contribution in [0, 0.1) is 6.92 Å². The summed E-state index contributed by atoms with van der Waals surface area (Å²) in [6.07, 6.45) is 2.44. The summed E-state index contributed by atoms with van der Waals surface area (Å²) in [7, 11) is 0. The zero-order valence-corrected chi connectivity index (χ0v) is 9.31. The largest absolute Gasteiger partial charge is 0.469 e. The van der Waals surface area contributed by atoms with Crippen LogP contribution in [0.25, 0.3) is 0 Å². The number of hydrogen-bond acceptors (Lipinski definition) is 3. The Morgan fingerprint density at radius 2 is 2.06 bits per heavy atom. The van der Waals surface area contributed by atoms with E-state index < -0.39 is 0 Å². The Kier molecular flexibility index (Phi) is 3.39. The first-order chi connectivity index (χ1) is 7.81. The van der Waals surface area contributed by atoms with Gasteiger partial charge in [0.2, 0.25) is 0 Å². The van der Waals surface area contributed by atoms with Crippen LogP contribution in [-0.2, 0) is 6.42 Å². The predicted octanol–water partition coefficient (Wildman–Crippen LogP) is 2.34. The van der Waals surface area contributed by atoms with E-state index in [-0.39, 0.29) is 6.04 Å². The van der Waals surface area contributed by atoms with Crippen molar-refractivity contribution in [2.75, 3.05) is 0 Å². The van der Waals surface area contributed by atoms with E-state index >= 15 is 0 Å². The Morgan fingerprint density at radius 3 is 2.69 bits per heavy atom. The molecule has 16 heavy (non-hydrogen) atoms. The van der Waals surface area contributed by atoms with Crippen molar-refractivity contribution >= 4 is 0 Å². The molecule has 84 valence electrons. The highest BCUT2D eigenvalue weighted by Crippen LogP contribution is 2.20. The molecule has 0 bridgehead atoms. The highest BCUT2D eigenvalue weighted by atomic mass is 16.3. The molecular formula is C13H16N2O. The lowest BCUT2D eigenvalue weighted by Crippen LogP contribution is -2.30. The lowest BCUT2D eigenvalue weighted by molar-refractivity contribution is 0.454. The lowest BCUT2D eigenvalue weighted by Gasteiger charge is -2.17. The van der Waals surface area contributed by atoms with E-state index in [0.29, 0.717) is 0 Å². The van der Waals surface area contributed by atoms with Gasteiger partial charge in [-0.2, -0.15) is 0 Å². The maximum Gasteiger partial charge on any atom is 0.105 e. The fraction of sp³-hybridized carbons (Fsp3) is 0.231. The summed E-state index contributed by atoms with van der Waals surface area (Å²) in [6.45, 7) is 2.09. The van der Waals surface area contributed by atoms with Crippen molar-refractivity contribution < 1.29 is 4.42 Å². The Bertz CT molecular complexity index is 437. The second-order valence-corrected chi connectivity index (χ2v) is 3.86. The minimum atomic E-state index is 0.0901. The number of rotatable bonds is 4. The SMILES string of the molecule is Cc1ccccc1C(Cc1ccco1)NN. The van der Waals surface area contributed by atoms with Crippen molar-refractivity contribution in [3.8, 4) is 0 Å². The van der Waals surface area contributed by atoms with Gasteiger partial charge in [-0.05, 0) is 30.2 Å². The molecule has 0 saturated heterocycles. The molecule has 3 heteroatoms. The minimum Gasteiger partial charge on any atom is -0.469 e. The molecule has 1 atom stereocenters. The first-order valence-electron chi connectivity index (χ1n) is 5.35. The number of nitrogens with one attached hydrogen (secondary N) is 1. The van der Waals surface area contributed by atoms with Crippen LogP contribution < -0.4 is 11.3 Å². The summed E-state index contributed by atoms with van der Waals surface area (Å²) in [5.74, 6) is 6.53. The van der Waals surface area contributed by atoms with Crippen molar-refractivity contribution in [3.05, 3.63) is 59.5 Å². The molecule has 2 aromatic rings. The van der Waals surface area contributed by atoms with E-state index in [2.05, 4.69) is 24.5 Å². The normalized spacial score (nSPS) is 12.6. The highest BCUT2D eigenvalue weighted by Gasteiger charge is 2.13. The smallest absolute Gasteiger partial charge is 0.105 e. The molecule has 3 N–H and O–H groups in total. The van der Waals surface area contributed by atoms with Crippen LogP contribution in [-0.4, -0.2) is 0 Å². The third-order valence-corrected chi connectivity index (χ3v) is 2.75. The number of furan rings is 1. The van der Waals surface area contributed by atoms with Gasteiger partial charge in [0.15, 0.2) is 0 Å². The van der Waals surface area contributed by atoms with E-state index in [1.165, 1.54) is 11.1 Å². The van der Waals surface area contributed by atoms with Gasteiger partial charge in [-0.25, -0.2) is 0 Å². The Balaban J connectivity index is 2.20. The van der Waals surface area contributed by atoms with Crippen LogP contribution >= 0.6 is 0 Å². The van der Waals surface area contributed by atoms with Crippen molar-refractivity contribution in [1.29, 1.82) is 0 Å². The second kappa shape index (κ2) is 4.96. The topological polar surface area (TPSA) is 51.2 Å². The Labute approximate surface area is 95.2 Å². The summed E-state index contributed by atoms with van der Waals surface area (Å²) in [4.78, 5) is 0. The zero-order valence-electron chi connectivity index (χ0n) is 9.31. The summed E-state index contributed by atoms with van der Waals surface area (Å²) >= 11 is 0. The van der Waals surface area contributed by atoms with Crippen molar-refractivity contribution in [2.24, 2.45) is 5.84 Å². The molecule has 0 radical (unpaired) electrons. The van der Waals surface area contributed by atoms with Gasteiger partial charge in [0, 0.05) is 6.42 Å². The van der Waals surface area contributed by atoms with Crippen LogP contribution in [0.5, 0.6) is 0 Å². The summed E-state index contributed by atoms with van der Waals surface area (Å²) < 4.78 is 5.33. The van der Waals surface area contributed by atoms with E-state index in [0.717, 1.165) is 12.2 Å². The van der Waals surface area contributed by atoms with E-state index in [9.17, 15) is 0 Å². The maximum atomic E-state index is 5.60. The van der Waals surface area contributed by atoms with Gasteiger partial charge in [-0.1, -0.05) is 24.3 Å². The third-order valence-electron chi connectivity index (χ3n) is 2.75. The lowest BCUT2D eigenvalue weighted by atomic mass is 9.98. The fourth-order valence-corrected chi connectivity index (χ4v) is 1.87. The van der Waals surface area contributed by atoms with Crippen LogP contribution in [0.4, 0.5) is 0 Å². The molecule has 1 unspecified atom stereocenters. The number of hydrogen-bond donors (Lipinski definition) is 2. The van der Waals surface area contributed by atoms with Crippen LogP contribution in [0.2, 0.25) is 0 Å². The third kappa shape index (κ3) is 2.32. The monoisotopic (exact) mass is 216 g/mol. The van der Waals surface area contributed by atoms with Crippen LogP contribution in [0.3, 0.4) is 0 Å². The molecule has 0 saturated carbocycles. The fourth-order valence-electron chi connectivity index (χ4n) is 1.87. The Hall–Kier alpha value is -1.58. The average Bonchev–Trinajstić information content (AvgIpc) is 2.80. The van der Waals surface area contributed by atoms with Gasteiger partial charge in [0.05, 0.1) is 12.3 Å². The van der Waals surface area contributed by atoms with E-state index in [4.69, 9.17) is 10.3 Å². The molecule has 0 aliphatic rings. The molecule has 1 aromatic carbocycles. The second-order valence-electron chi connectivity index (χ2n) is 3.86. The predicted molar refractivity (Wildman–Crippen MR) is 63.7 cm³/mol. The van der Waals surface area contributed by atoms with Gasteiger partial charge in [-0.15, -0.1) is 0 Å². The molecule has 0 fully saturated rings. The van der Waals surface area contributed by atoms with Gasteiger partial charge in [-0.3, -0.25) is 11.3 Å². The van der Waals surface area contributed by atoms with Gasteiger partial charge in [0.25, 0.3) is 0 Å². The van der Waals surface area contributed by atoms with Crippen LogP contribution in [0.1, 0.15) is 22.9 Å². The molecule has 0 aliphatic carbocycles. The zero-order chi connectivity index (χ0) is 11.4. The standard InChI is InChI=1S/C13H16N2O/c1-10-5-2-3-7-12(10)13(15-14)9-11-6-4-8-16-11/h2-8,13,15H,9,14H2,1H3. The summed E-state index contributed by atoms with van der Waals surface area (Å²) in [5.41, 5.74) is 5.28. The Morgan fingerprint density at radius 1 is 1.25 bits per heavy atom. The molecule has 0 spiro atoms. The first kappa shape index (κ1) is 10.9. The number of benzene rings is 1. The molecule has 2 rings (SSSR count). The van der Waals surface area contributed by atoms with Crippen molar-refractivity contribution in [3.63, 3.8) is 0 Å². The van der Waals surface area contributed by atoms with Gasteiger partial charge >= 0.3 is 0 Å². The molecule has 1 heterocycles. The first-order valence-corrected chi connectivity index (χ1v) is 5.35. The maximum absolute atomic E-state index is 5.60.